The van der Waals surface area contributed by atoms with E-state index in [0.29, 0.717) is 0 Å². The predicted molar refractivity (Wildman–Crippen MR) is 54.2 cm³/mol. The molecule has 0 atom stereocenters. The SMILES string of the molecule is Cc1ccc(C=CI)cc1. The lowest BCUT2D eigenvalue weighted by Crippen LogP contribution is -1.71. The zero-order chi connectivity index (χ0) is 7.40. The van der Waals surface area contributed by atoms with Crippen LogP contribution in [0.1, 0.15) is 11.1 Å². The lowest BCUT2D eigenvalue weighted by atomic mass is 10.2. The van der Waals surface area contributed by atoms with E-state index in [1.807, 2.05) is 4.08 Å². The van der Waals surface area contributed by atoms with Crippen molar-refractivity contribution in [1.29, 1.82) is 0 Å². The van der Waals surface area contributed by atoms with E-state index in [1.165, 1.54) is 11.1 Å². The van der Waals surface area contributed by atoms with E-state index >= 15 is 0 Å². The molecule has 0 amide bonds. The Morgan fingerprint density at radius 1 is 1.20 bits per heavy atom. The van der Waals surface area contributed by atoms with Crippen molar-refractivity contribution < 1.29 is 0 Å². The molecule has 0 nitrogen and oxygen atoms in total. The van der Waals surface area contributed by atoms with Crippen molar-refractivity contribution in [2.75, 3.05) is 0 Å². The van der Waals surface area contributed by atoms with Crippen LogP contribution in [0.3, 0.4) is 0 Å². The molecule has 1 aromatic rings. The fraction of sp³-hybridized carbons (Fsp3) is 0.111. The Hall–Kier alpha value is -0.310. The molecule has 1 rings (SSSR count). The van der Waals surface area contributed by atoms with E-state index in [1.54, 1.807) is 0 Å². The third-order valence-electron chi connectivity index (χ3n) is 1.33. The Balaban J connectivity index is 2.89. The summed E-state index contributed by atoms with van der Waals surface area (Å²) in [6.45, 7) is 2.09. The van der Waals surface area contributed by atoms with Gasteiger partial charge in [-0.05, 0) is 22.6 Å². The number of rotatable bonds is 1. The third kappa shape index (κ3) is 2.14. The van der Waals surface area contributed by atoms with Crippen LogP contribution in [-0.2, 0) is 0 Å². The van der Waals surface area contributed by atoms with Gasteiger partial charge in [0.05, 0.1) is 0 Å². The quantitative estimate of drug-likeness (QED) is 0.664. The Bertz CT molecular complexity index is 221. The van der Waals surface area contributed by atoms with Crippen molar-refractivity contribution in [1.82, 2.24) is 0 Å². The van der Waals surface area contributed by atoms with E-state index in [0.717, 1.165) is 0 Å². The van der Waals surface area contributed by atoms with Gasteiger partial charge < -0.3 is 0 Å². The summed E-state index contributed by atoms with van der Waals surface area (Å²) < 4.78 is 2.02. The highest BCUT2D eigenvalue weighted by Crippen LogP contribution is 2.05. The highest BCUT2D eigenvalue weighted by Gasteiger charge is 1.83. The Labute approximate surface area is 75.1 Å². The summed E-state index contributed by atoms with van der Waals surface area (Å²) in [5, 5.41) is 0. The van der Waals surface area contributed by atoms with Crippen LogP contribution in [0.4, 0.5) is 0 Å². The summed E-state index contributed by atoms with van der Waals surface area (Å²) in [5.41, 5.74) is 2.57. The second kappa shape index (κ2) is 3.76. The minimum absolute atomic E-state index is 1.26. The molecule has 0 N–H and O–H groups in total. The first-order valence-electron chi connectivity index (χ1n) is 3.16. The summed E-state index contributed by atoms with van der Waals surface area (Å²) in [6, 6.07) is 8.47. The van der Waals surface area contributed by atoms with Crippen molar-refractivity contribution in [3.05, 3.63) is 39.5 Å². The van der Waals surface area contributed by atoms with E-state index in [9.17, 15) is 0 Å². The van der Waals surface area contributed by atoms with Gasteiger partial charge in [0.1, 0.15) is 0 Å². The monoisotopic (exact) mass is 244 g/mol. The van der Waals surface area contributed by atoms with Crippen LogP contribution >= 0.6 is 22.6 Å². The summed E-state index contributed by atoms with van der Waals surface area (Å²) in [6.07, 6.45) is 2.08. The minimum atomic E-state index is 1.26. The minimum Gasteiger partial charge on any atom is -0.0587 e. The Morgan fingerprint density at radius 2 is 1.80 bits per heavy atom. The molecule has 0 aliphatic carbocycles. The summed E-state index contributed by atoms with van der Waals surface area (Å²) in [5.74, 6) is 0. The standard InChI is InChI=1S/C9H9I/c1-8-2-4-9(5-3-8)6-7-10/h2-7H,1H3. The van der Waals surface area contributed by atoms with E-state index in [4.69, 9.17) is 0 Å². The maximum Gasteiger partial charge on any atom is -0.0228 e. The van der Waals surface area contributed by atoms with E-state index < -0.39 is 0 Å². The molecule has 0 fully saturated rings. The zero-order valence-electron chi connectivity index (χ0n) is 5.84. The fourth-order valence-corrected chi connectivity index (χ4v) is 1.17. The van der Waals surface area contributed by atoms with Gasteiger partial charge in [-0.2, -0.15) is 0 Å². The lowest BCUT2D eigenvalue weighted by Gasteiger charge is -1.92. The Morgan fingerprint density at radius 3 is 2.30 bits per heavy atom. The van der Waals surface area contributed by atoms with Crippen molar-refractivity contribution in [3.8, 4) is 0 Å². The van der Waals surface area contributed by atoms with Gasteiger partial charge in [-0.3, -0.25) is 0 Å². The second-order valence-electron chi connectivity index (χ2n) is 2.20. The zero-order valence-corrected chi connectivity index (χ0v) is 8.00. The molecular weight excluding hydrogens is 235 g/mol. The maximum atomic E-state index is 2.22. The van der Waals surface area contributed by atoms with Crippen LogP contribution in [0.15, 0.2) is 28.3 Å². The molecule has 0 spiro atoms. The molecule has 0 heterocycles. The molecule has 0 aromatic heterocycles. The van der Waals surface area contributed by atoms with Crippen molar-refractivity contribution in [3.63, 3.8) is 0 Å². The molecule has 0 saturated carbocycles. The van der Waals surface area contributed by atoms with Crippen LogP contribution < -0.4 is 0 Å². The van der Waals surface area contributed by atoms with Gasteiger partial charge in [0.25, 0.3) is 0 Å². The molecule has 0 saturated heterocycles. The first-order valence-corrected chi connectivity index (χ1v) is 4.41. The number of benzene rings is 1. The average molecular weight is 244 g/mol. The third-order valence-corrected chi connectivity index (χ3v) is 1.69. The molecule has 0 radical (unpaired) electrons. The van der Waals surface area contributed by atoms with Gasteiger partial charge in [0.15, 0.2) is 0 Å². The molecular formula is C9H9I. The van der Waals surface area contributed by atoms with E-state index in [-0.39, 0.29) is 0 Å². The second-order valence-corrected chi connectivity index (χ2v) is 2.92. The van der Waals surface area contributed by atoms with Gasteiger partial charge in [-0.25, -0.2) is 0 Å². The molecule has 1 aromatic carbocycles. The molecule has 0 aliphatic rings. The summed E-state index contributed by atoms with van der Waals surface area (Å²) in [7, 11) is 0. The van der Waals surface area contributed by atoms with Gasteiger partial charge in [0.2, 0.25) is 0 Å². The largest absolute Gasteiger partial charge is 0.0587 e. The van der Waals surface area contributed by atoms with Crippen LogP contribution in [0.2, 0.25) is 0 Å². The molecule has 10 heavy (non-hydrogen) atoms. The van der Waals surface area contributed by atoms with Crippen LogP contribution in [-0.4, -0.2) is 0 Å². The highest BCUT2D eigenvalue weighted by atomic mass is 127. The molecule has 0 bridgehead atoms. The predicted octanol–water partition coefficient (Wildman–Crippen LogP) is 3.40. The fourth-order valence-electron chi connectivity index (χ4n) is 0.750. The first kappa shape index (κ1) is 7.79. The number of hydrogen-bond donors (Lipinski definition) is 0. The molecule has 52 valence electrons. The average Bonchev–Trinajstić information content (AvgIpc) is 1.95. The number of hydrogen-bond acceptors (Lipinski definition) is 0. The Kier molecular flexibility index (Phi) is 2.93. The van der Waals surface area contributed by atoms with Gasteiger partial charge in [-0.1, -0.05) is 52.4 Å². The van der Waals surface area contributed by atoms with Crippen molar-refractivity contribution >= 4 is 28.7 Å². The van der Waals surface area contributed by atoms with E-state index in [2.05, 4.69) is 59.9 Å². The van der Waals surface area contributed by atoms with Gasteiger partial charge >= 0.3 is 0 Å². The normalized spacial score (nSPS) is 10.6. The lowest BCUT2D eigenvalue weighted by molar-refractivity contribution is 1.46. The van der Waals surface area contributed by atoms with Gasteiger partial charge in [-0.15, -0.1) is 0 Å². The first-order chi connectivity index (χ1) is 4.83. The van der Waals surface area contributed by atoms with Crippen molar-refractivity contribution in [2.45, 2.75) is 6.92 Å². The molecule has 0 unspecified atom stereocenters. The van der Waals surface area contributed by atoms with Crippen molar-refractivity contribution in [2.24, 2.45) is 0 Å². The maximum absolute atomic E-state index is 2.22. The summed E-state index contributed by atoms with van der Waals surface area (Å²) >= 11 is 2.22. The van der Waals surface area contributed by atoms with Crippen LogP contribution in [0.25, 0.3) is 6.08 Å². The number of aryl methyl sites for hydroxylation is 1. The number of halogens is 1. The van der Waals surface area contributed by atoms with Crippen LogP contribution in [0.5, 0.6) is 0 Å². The topological polar surface area (TPSA) is 0 Å². The van der Waals surface area contributed by atoms with Gasteiger partial charge in [0, 0.05) is 0 Å². The molecule has 0 aliphatic heterocycles. The summed E-state index contributed by atoms with van der Waals surface area (Å²) in [4.78, 5) is 0. The highest BCUT2D eigenvalue weighted by molar-refractivity contribution is 14.1. The molecule has 1 heteroatoms. The van der Waals surface area contributed by atoms with Crippen LogP contribution in [0, 0.1) is 6.92 Å². The smallest absolute Gasteiger partial charge is 0.0228 e.